The Hall–Kier alpha value is -0.770. The number of hydrogen-bond donors (Lipinski definition) is 1. The van der Waals surface area contributed by atoms with Crippen LogP contribution in [0.3, 0.4) is 0 Å². The van der Waals surface area contributed by atoms with E-state index in [-0.39, 0.29) is 11.9 Å². The van der Waals surface area contributed by atoms with Gasteiger partial charge in [-0.3, -0.25) is 4.79 Å². The van der Waals surface area contributed by atoms with Crippen LogP contribution in [-0.2, 0) is 4.79 Å². The molecule has 1 aliphatic rings. The second-order valence-corrected chi connectivity index (χ2v) is 4.14. The van der Waals surface area contributed by atoms with Gasteiger partial charge in [0.1, 0.15) is 6.04 Å². The standard InChI is InChI=1S/C9H15ClN2O2/c1-6(2)7(8(10)13)12-5-3-4-11-9(12)14/h6-7H,3-5H2,1-2H3,(H,11,14). The molecule has 0 spiro atoms. The molecule has 80 valence electrons. The van der Waals surface area contributed by atoms with Crippen LogP contribution >= 0.6 is 11.6 Å². The first-order chi connectivity index (χ1) is 6.54. The smallest absolute Gasteiger partial charge is 0.318 e. The highest BCUT2D eigenvalue weighted by atomic mass is 35.5. The zero-order valence-corrected chi connectivity index (χ0v) is 9.17. The van der Waals surface area contributed by atoms with Gasteiger partial charge in [-0.1, -0.05) is 13.8 Å². The number of amides is 2. The van der Waals surface area contributed by atoms with E-state index in [4.69, 9.17) is 11.6 Å². The largest absolute Gasteiger partial charge is 0.338 e. The van der Waals surface area contributed by atoms with Crippen LogP contribution in [-0.4, -0.2) is 35.3 Å². The number of nitrogens with zero attached hydrogens (tertiary/aromatic N) is 1. The van der Waals surface area contributed by atoms with Crippen LogP contribution in [0, 0.1) is 5.92 Å². The fourth-order valence-corrected chi connectivity index (χ4v) is 2.03. The molecule has 1 atom stereocenters. The summed E-state index contributed by atoms with van der Waals surface area (Å²) in [7, 11) is 0. The van der Waals surface area contributed by atoms with Crippen molar-refractivity contribution < 1.29 is 9.59 Å². The van der Waals surface area contributed by atoms with E-state index < -0.39 is 11.3 Å². The van der Waals surface area contributed by atoms with Crippen LogP contribution in [0.4, 0.5) is 4.79 Å². The first kappa shape index (κ1) is 11.3. The second kappa shape index (κ2) is 4.64. The molecule has 5 heteroatoms. The fourth-order valence-electron chi connectivity index (χ4n) is 1.66. The van der Waals surface area contributed by atoms with Crippen molar-refractivity contribution in [2.75, 3.05) is 13.1 Å². The third-order valence-corrected chi connectivity index (χ3v) is 2.54. The van der Waals surface area contributed by atoms with Gasteiger partial charge in [0.2, 0.25) is 5.24 Å². The molecule has 0 aromatic heterocycles. The lowest BCUT2D eigenvalue weighted by molar-refractivity contribution is -0.117. The van der Waals surface area contributed by atoms with Gasteiger partial charge in [0.15, 0.2) is 0 Å². The lowest BCUT2D eigenvalue weighted by atomic mass is 10.0. The van der Waals surface area contributed by atoms with Crippen LogP contribution in [0.1, 0.15) is 20.3 Å². The minimum Gasteiger partial charge on any atom is -0.338 e. The molecule has 1 fully saturated rings. The van der Waals surface area contributed by atoms with Gasteiger partial charge in [-0.25, -0.2) is 4.79 Å². The van der Waals surface area contributed by atoms with E-state index in [1.165, 1.54) is 4.90 Å². The molecule has 0 saturated carbocycles. The average molecular weight is 219 g/mol. The molecule has 0 aromatic carbocycles. The van der Waals surface area contributed by atoms with E-state index in [1.54, 1.807) is 0 Å². The summed E-state index contributed by atoms with van der Waals surface area (Å²) in [5.41, 5.74) is 0. The number of hydrogen-bond acceptors (Lipinski definition) is 2. The lowest BCUT2D eigenvalue weighted by Crippen LogP contribution is -2.54. The summed E-state index contributed by atoms with van der Waals surface area (Å²) in [5, 5.41) is 2.24. The first-order valence-electron chi connectivity index (χ1n) is 4.78. The molecule has 1 rings (SSSR count). The second-order valence-electron chi connectivity index (χ2n) is 3.77. The molecule has 1 aliphatic heterocycles. The highest BCUT2D eigenvalue weighted by molar-refractivity contribution is 6.64. The van der Waals surface area contributed by atoms with Crippen molar-refractivity contribution >= 4 is 22.9 Å². The number of rotatable bonds is 3. The predicted molar refractivity (Wildman–Crippen MR) is 54.2 cm³/mol. The van der Waals surface area contributed by atoms with E-state index in [0.29, 0.717) is 13.1 Å². The van der Waals surface area contributed by atoms with E-state index in [0.717, 1.165) is 6.42 Å². The summed E-state index contributed by atoms with van der Waals surface area (Å²) in [5.74, 6) is 0.0452. The SMILES string of the molecule is CC(C)C(C(=O)Cl)N1CCCNC1=O. The molecule has 14 heavy (non-hydrogen) atoms. The summed E-state index contributed by atoms with van der Waals surface area (Å²) in [4.78, 5) is 24.1. The minimum absolute atomic E-state index is 0.0452. The van der Waals surface area contributed by atoms with E-state index in [2.05, 4.69) is 5.32 Å². The maximum absolute atomic E-state index is 11.4. The zero-order valence-electron chi connectivity index (χ0n) is 8.42. The van der Waals surface area contributed by atoms with Crippen molar-refractivity contribution in [3.63, 3.8) is 0 Å². The molecule has 1 heterocycles. The van der Waals surface area contributed by atoms with E-state index >= 15 is 0 Å². The number of urea groups is 1. The third-order valence-electron chi connectivity index (χ3n) is 2.31. The highest BCUT2D eigenvalue weighted by Gasteiger charge is 2.32. The number of carbonyl (C=O) groups excluding carboxylic acids is 2. The molecular weight excluding hydrogens is 204 g/mol. The molecule has 0 aromatic rings. The maximum atomic E-state index is 11.4. The highest BCUT2D eigenvalue weighted by Crippen LogP contribution is 2.16. The van der Waals surface area contributed by atoms with Crippen LogP contribution < -0.4 is 5.32 Å². The van der Waals surface area contributed by atoms with Gasteiger partial charge in [-0.15, -0.1) is 0 Å². The van der Waals surface area contributed by atoms with Crippen LogP contribution in [0.2, 0.25) is 0 Å². The topological polar surface area (TPSA) is 49.4 Å². The Kier molecular flexibility index (Phi) is 3.75. The van der Waals surface area contributed by atoms with Gasteiger partial charge in [0, 0.05) is 13.1 Å². The third kappa shape index (κ3) is 2.38. The Labute approximate surface area is 88.6 Å². The molecule has 4 nitrogen and oxygen atoms in total. The summed E-state index contributed by atoms with van der Waals surface area (Å²) < 4.78 is 0. The Balaban J connectivity index is 2.75. The van der Waals surface area contributed by atoms with Gasteiger partial charge in [0.05, 0.1) is 0 Å². The van der Waals surface area contributed by atoms with E-state index in [9.17, 15) is 9.59 Å². The summed E-state index contributed by atoms with van der Waals surface area (Å²) >= 11 is 5.48. The van der Waals surface area contributed by atoms with E-state index in [1.807, 2.05) is 13.8 Å². The van der Waals surface area contributed by atoms with Crippen LogP contribution in [0.15, 0.2) is 0 Å². The van der Waals surface area contributed by atoms with Crippen molar-refractivity contribution in [3.8, 4) is 0 Å². The Bertz CT molecular complexity index is 243. The fraction of sp³-hybridized carbons (Fsp3) is 0.778. The molecule has 1 saturated heterocycles. The van der Waals surface area contributed by atoms with Crippen molar-refractivity contribution in [2.24, 2.45) is 5.92 Å². The minimum atomic E-state index is -0.503. The monoisotopic (exact) mass is 218 g/mol. The Morgan fingerprint density at radius 2 is 2.21 bits per heavy atom. The summed E-state index contributed by atoms with van der Waals surface area (Å²) in [6, 6.07) is -0.694. The molecule has 1 N–H and O–H groups in total. The van der Waals surface area contributed by atoms with Gasteiger partial charge in [-0.05, 0) is 23.9 Å². The lowest BCUT2D eigenvalue weighted by Gasteiger charge is -2.34. The predicted octanol–water partition coefficient (Wildman–Crippen LogP) is 1.19. The maximum Gasteiger partial charge on any atom is 0.318 e. The molecule has 2 amide bonds. The van der Waals surface area contributed by atoms with Gasteiger partial charge < -0.3 is 10.2 Å². The Morgan fingerprint density at radius 1 is 1.57 bits per heavy atom. The number of nitrogens with one attached hydrogen (secondary N) is 1. The quantitative estimate of drug-likeness (QED) is 0.724. The summed E-state index contributed by atoms with van der Waals surface area (Å²) in [6.45, 7) is 5.05. The van der Waals surface area contributed by atoms with Gasteiger partial charge >= 0.3 is 6.03 Å². The van der Waals surface area contributed by atoms with Gasteiger partial charge in [-0.2, -0.15) is 0 Å². The zero-order chi connectivity index (χ0) is 10.7. The van der Waals surface area contributed by atoms with Crippen molar-refractivity contribution in [1.82, 2.24) is 10.2 Å². The van der Waals surface area contributed by atoms with Gasteiger partial charge in [0.25, 0.3) is 0 Å². The number of carbonyl (C=O) groups is 2. The first-order valence-corrected chi connectivity index (χ1v) is 5.15. The molecule has 0 radical (unpaired) electrons. The average Bonchev–Trinajstić information content (AvgIpc) is 2.07. The molecule has 0 bridgehead atoms. The van der Waals surface area contributed by atoms with Crippen molar-refractivity contribution in [2.45, 2.75) is 26.3 Å². The normalized spacial score (nSPS) is 19.4. The summed E-state index contributed by atoms with van der Waals surface area (Å²) in [6.07, 6.45) is 0.860. The van der Waals surface area contributed by atoms with Crippen LogP contribution in [0.25, 0.3) is 0 Å². The van der Waals surface area contributed by atoms with Crippen molar-refractivity contribution in [3.05, 3.63) is 0 Å². The molecular formula is C9H15ClN2O2. The molecule has 0 aliphatic carbocycles. The number of halogens is 1. The van der Waals surface area contributed by atoms with Crippen molar-refractivity contribution in [1.29, 1.82) is 0 Å². The molecule has 1 unspecified atom stereocenters. The Morgan fingerprint density at radius 3 is 2.64 bits per heavy atom. The van der Waals surface area contributed by atoms with Crippen LogP contribution in [0.5, 0.6) is 0 Å².